The molecular formula is C14H17BrN4O2. The van der Waals surface area contributed by atoms with Gasteiger partial charge >= 0.3 is 0 Å². The Bertz CT molecular complexity index is 634. The van der Waals surface area contributed by atoms with Gasteiger partial charge in [-0.2, -0.15) is 4.98 Å². The Kier molecular flexibility index (Phi) is 4.85. The molecule has 0 bridgehead atoms. The summed E-state index contributed by atoms with van der Waals surface area (Å²) in [4.78, 5) is 8.18. The first kappa shape index (κ1) is 15.4. The molecule has 0 aliphatic carbocycles. The van der Waals surface area contributed by atoms with E-state index in [9.17, 15) is 0 Å². The molecule has 1 aromatic heterocycles. The van der Waals surface area contributed by atoms with Crippen molar-refractivity contribution in [2.24, 2.45) is 0 Å². The standard InChI is InChI=1S/C14H17BrN4O2/c1-8(2)21-14-12(16)13(17-7-18-14)19-9-4-5-11(20-3)10(15)6-9/h4-8H,16H2,1-3H3,(H,17,18,19). The summed E-state index contributed by atoms with van der Waals surface area (Å²) in [6.07, 6.45) is 1.40. The molecule has 0 aliphatic heterocycles. The number of methoxy groups -OCH3 is 1. The number of halogens is 1. The van der Waals surface area contributed by atoms with Crippen LogP contribution >= 0.6 is 15.9 Å². The third-order valence-corrected chi connectivity index (χ3v) is 3.23. The van der Waals surface area contributed by atoms with Crippen LogP contribution in [0.5, 0.6) is 11.6 Å². The maximum atomic E-state index is 6.02. The molecule has 1 aromatic carbocycles. The minimum absolute atomic E-state index is 0.00909. The largest absolute Gasteiger partial charge is 0.496 e. The van der Waals surface area contributed by atoms with Crippen molar-refractivity contribution in [1.29, 1.82) is 0 Å². The van der Waals surface area contributed by atoms with E-state index in [2.05, 4.69) is 31.2 Å². The maximum Gasteiger partial charge on any atom is 0.242 e. The first-order valence-electron chi connectivity index (χ1n) is 6.39. The van der Waals surface area contributed by atoms with Crippen molar-refractivity contribution >= 4 is 33.1 Å². The van der Waals surface area contributed by atoms with E-state index in [1.807, 2.05) is 32.0 Å². The van der Waals surface area contributed by atoms with E-state index in [-0.39, 0.29) is 6.10 Å². The Balaban J connectivity index is 2.25. The van der Waals surface area contributed by atoms with Crippen molar-refractivity contribution < 1.29 is 9.47 Å². The molecule has 1 heterocycles. The van der Waals surface area contributed by atoms with Crippen molar-refractivity contribution in [3.8, 4) is 11.6 Å². The van der Waals surface area contributed by atoms with E-state index in [1.54, 1.807) is 7.11 Å². The third-order valence-electron chi connectivity index (χ3n) is 2.61. The summed E-state index contributed by atoms with van der Waals surface area (Å²) in [5.74, 6) is 1.62. The molecule has 0 unspecified atom stereocenters. The predicted molar refractivity (Wildman–Crippen MR) is 86.2 cm³/mol. The van der Waals surface area contributed by atoms with E-state index >= 15 is 0 Å². The number of anilines is 3. The van der Waals surface area contributed by atoms with Gasteiger partial charge in [0.2, 0.25) is 5.88 Å². The smallest absolute Gasteiger partial charge is 0.242 e. The van der Waals surface area contributed by atoms with Gasteiger partial charge in [-0.15, -0.1) is 0 Å². The molecular weight excluding hydrogens is 336 g/mol. The van der Waals surface area contributed by atoms with Gasteiger partial charge in [-0.1, -0.05) is 0 Å². The topological polar surface area (TPSA) is 82.3 Å². The van der Waals surface area contributed by atoms with E-state index in [0.29, 0.717) is 17.4 Å². The van der Waals surface area contributed by atoms with Crippen LogP contribution in [0.25, 0.3) is 0 Å². The van der Waals surface area contributed by atoms with Crippen LogP contribution in [-0.4, -0.2) is 23.2 Å². The number of hydrogen-bond acceptors (Lipinski definition) is 6. The zero-order chi connectivity index (χ0) is 15.4. The fourth-order valence-electron chi connectivity index (χ4n) is 1.68. The number of nitrogens with zero attached hydrogens (tertiary/aromatic N) is 2. The molecule has 0 atom stereocenters. The number of nitrogen functional groups attached to an aromatic ring is 1. The Labute approximate surface area is 131 Å². The summed E-state index contributed by atoms with van der Waals surface area (Å²) >= 11 is 3.43. The van der Waals surface area contributed by atoms with Gasteiger partial charge in [0.15, 0.2) is 5.82 Å². The summed E-state index contributed by atoms with van der Waals surface area (Å²) in [6, 6.07) is 5.59. The van der Waals surface area contributed by atoms with Crippen LogP contribution in [0.4, 0.5) is 17.2 Å². The molecule has 0 radical (unpaired) electrons. The Morgan fingerprint density at radius 3 is 2.67 bits per heavy atom. The molecule has 0 aliphatic rings. The number of ether oxygens (including phenoxy) is 2. The zero-order valence-corrected chi connectivity index (χ0v) is 13.6. The van der Waals surface area contributed by atoms with E-state index in [4.69, 9.17) is 15.2 Å². The van der Waals surface area contributed by atoms with Gasteiger partial charge in [0.25, 0.3) is 0 Å². The van der Waals surface area contributed by atoms with Gasteiger partial charge in [-0.3, -0.25) is 0 Å². The summed E-state index contributed by atoms with van der Waals surface area (Å²) in [6.45, 7) is 3.82. The van der Waals surface area contributed by atoms with E-state index in [1.165, 1.54) is 6.33 Å². The molecule has 0 spiro atoms. The van der Waals surface area contributed by atoms with Gasteiger partial charge < -0.3 is 20.5 Å². The maximum absolute atomic E-state index is 6.02. The van der Waals surface area contributed by atoms with Crippen molar-refractivity contribution in [3.63, 3.8) is 0 Å². The van der Waals surface area contributed by atoms with Crippen molar-refractivity contribution in [3.05, 3.63) is 29.0 Å². The molecule has 0 saturated heterocycles. The Morgan fingerprint density at radius 1 is 1.29 bits per heavy atom. The lowest BCUT2D eigenvalue weighted by atomic mass is 10.3. The second kappa shape index (κ2) is 6.62. The Morgan fingerprint density at radius 2 is 2.05 bits per heavy atom. The summed E-state index contributed by atoms with van der Waals surface area (Å²) in [7, 11) is 1.62. The van der Waals surface area contributed by atoms with Gasteiger partial charge in [0.05, 0.1) is 17.7 Å². The van der Waals surface area contributed by atoms with Crippen molar-refractivity contribution in [2.75, 3.05) is 18.2 Å². The van der Waals surface area contributed by atoms with Gasteiger partial charge in [-0.05, 0) is 48.0 Å². The molecule has 0 saturated carbocycles. The second-order valence-electron chi connectivity index (χ2n) is 4.58. The summed E-state index contributed by atoms with van der Waals surface area (Å²) < 4.78 is 11.6. The summed E-state index contributed by atoms with van der Waals surface area (Å²) in [5, 5.41) is 3.14. The summed E-state index contributed by atoms with van der Waals surface area (Å²) in [5.41, 5.74) is 7.22. The molecule has 2 aromatic rings. The first-order chi connectivity index (χ1) is 10.0. The number of aromatic nitrogens is 2. The quantitative estimate of drug-likeness (QED) is 0.858. The molecule has 3 N–H and O–H groups in total. The number of hydrogen-bond donors (Lipinski definition) is 2. The number of benzene rings is 1. The molecule has 7 heteroatoms. The molecule has 0 amide bonds. The lowest BCUT2D eigenvalue weighted by molar-refractivity contribution is 0.234. The predicted octanol–water partition coefficient (Wildman–Crippen LogP) is 3.36. The second-order valence-corrected chi connectivity index (χ2v) is 5.44. The van der Waals surface area contributed by atoms with Gasteiger partial charge in [0, 0.05) is 5.69 Å². The normalized spacial score (nSPS) is 10.5. The third kappa shape index (κ3) is 3.75. The van der Waals surface area contributed by atoms with Gasteiger partial charge in [-0.25, -0.2) is 4.98 Å². The SMILES string of the molecule is COc1ccc(Nc2ncnc(OC(C)C)c2N)cc1Br. The molecule has 6 nitrogen and oxygen atoms in total. The van der Waals surface area contributed by atoms with Crippen LogP contribution in [-0.2, 0) is 0 Å². The lowest BCUT2D eigenvalue weighted by Crippen LogP contribution is -2.10. The van der Waals surface area contributed by atoms with Crippen LogP contribution in [0.2, 0.25) is 0 Å². The van der Waals surface area contributed by atoms with E-state index in [0.717, 1.165) is 15.9 Å². The van der Waals surface area contributed by atoms with Crippen molar-refractivity contribution in [2.45, 2.75) is 20.0 Å². The van der Waals surface area contributed by atoms with E-state index < -0.39 is 0 Å². The monoisotopic (exact) mass is 352 g/mol. The van der Waals surface area contributed by atoms with Crippen LogP contribution in [0.1, 0.15) is 13.8 Å². The fraction of sp³-hybridized carbons (Fsp3) is 0.286. The minimum atomic E-state index is -0.00909. The van der Waals surface area contributed by atoms with Gasteiger partial charge in [0.1, 0.15) is 17.8 Å². The van der Waals surface area contributed by atoms with Crippen molar-refractivity contribution in [1.82, 2.24) is 9.97 Å². The number of nitrogens with one attached hydrogen (secondary N) is 1. The van der Waals surface area contributed by atoms with Crippen LogP contribution in [0.15, 0.2) is 29.0 Å². The van der Waals surface area contributed by atoms with Crippen LogP contribution < -0.4 is 20.5 Å². The molecule has 2 rings (SSSR count). The Hall–Kier alpha value is -2.02. The lowest BCUT2D eigenvalue weighted by Gasteiger charge is -2.14. The number of rotatable bonds is 5. The zero-order valence-electron chi connectivity index (χ0n) is 12.1. The highest BCUT2D eigenvalue weighted by molar-refractivity contribution is 9.10. The average Bonchev–Trinajstić information content (AvgIpc) is 2.43. The highest BCUT2D eigenvalue weighted by atomic mass is 79.9. The molecule has 112 valence electrons. The fourth-order valence-corrected chi connectivity index (χ4v) is 2.22. The van der Waals surface area contributed by atoms with Crippen LogP contribution in [0.3, 0.4) is 0 Å². The molecule has 21 heavy (non-hydrogen) atoms. The number of nitrogens with two attached hydrogens (primary N) is 1. The average molecular weight is 353 g/mol. The minimum Gasteiger partial charge on any atom is -0.496 e. The molecule has 0 fully saturated rings. The highest BCUT2D eigenvalue weighted by Crippen LogP contribution is 2.32. The first-order valence-corrected chi connectivity index (χ1v) is 7.18. The van der Waals surface area contributed by atoms with Crippen LogP contribution in [0, 0.1) is 0 Å². The highest BCUT2D eigenvalue weighted by Gasteiger charge is 2.11.